The molecule has 0 saturated carbocycles. The van der Waals surface area contributed by atoms with Gasteiger partial charge in [-0.2, -0.15) is 0 Å². The van der Waals surface area contributed by atoms with E-state index in [0.717, 1.165) is 6.42 Å². The van der Waals surface area contributed by atoms with Gasteiger partial charge in [0.05, 0.1) is 12.2 Å². The molecule has 0 radical (unpaired) electrons. The zero-order valence-electron chi connectivity index (χ0n) is 7.51. The van der Waals surface area contributed by atoms with Gasteiger partial charge < -0.3 is 4.74 Å². The smallest absolute Gasteiger partial charge is 0.170 e. The molecule has 1 aromatic rings. The van der Waals surface area contributed by atoms with Crippen molar-refractivity contribution in [1.29, 1.82) is 0 Å². The lowest BCUT2D eigenvalue weighted by atomic mass is 10.2. The van der Waals surface area contributed by atoms with E-state index in [0.29, 0.717) is 12.2 Å². The molecule has 0 heterocycles. The fraction of sp³-hybridized carbons (Fsp3) is 0.273. The van der Waals surface area contributed by atoms with Crippen molar-refractivity contribution in [3.8, 4) is 18.1 Å². The molecule has 0 bridgehead atoms. The molecule has 1 nitrogen and oxygen atoms in total. The van der Waals surface area contributed by atoms with Gasteiger partial charge in [0.1, 0.15) is 0 Å². The Morgan fingerprint density at radius 3 is 2.92 bits per heavy atom. The van der Waals surface area contributed by atoms with Crippen molar-refractivity contribution in [3.63, 3.8) is 0 Å². The third-order valence-corrected chi connectivity index (χ3v) is 1.57. The van der Waals surface area contributed by atoms with Crippen LogP contribution in [0.4, 0.5) is 4.39 Å². The lowest BCUT2D eigenvalue weighted by Gasteiger charge is -2.07. The molecule has 1 rings (SSSR count). The number of hydrogen-bond acceptors (Lipinski definition) is 1. The maximum absolute atomic E-state index is 13.1. The molecule has 68 valence electrons. The maximum Gasteiger partial charge on any atom is 0.170 e. The van der Waals surface area contributed by atoms with E-state index in [4.69, 9.17) is 11.2 Å². The largest absolute Gasteiger partial charge is 0.489 e. The summed E-state index contributed by atoms with van der Waals surface area (Å²) in [5, 5.41) is 0. The van der Waals surface area contributed by atoms with Crippen LogP contribution >= 0.6 is 0 Å². The molecule has 0 aliphatic carbocycles. The number of benzene rings is 1. The number of rotatable bonds is 3. The standard InChI is InChI=1S/C11H11FO/c1-3-8-13-11-9(4-2)6-5-7-10(11)12/h2,5-7H,3,8H2,1H3. The summed E-state index contributed by atoms with van der Waals surface area (Å²) in [6.45, 7) is 2.44. The lowest BCUT2D eigenvalue weighted by Crippen LogP contribution is -1.99. The van der Waals surface area contributed by atoms with Crippen molar-refractivity contribution in [3.05, 3.63) is 29.6 Å². The maximum atomic E-state index is 13.1. The van der Waals surface area contributed by atoms with Gasteiger partial charge in [-0.15, -0.1) is 6.42 Å². The van der Waals surface area contributed by atoms with Crippen LogP contribution in [0.5, 0.6) is 5.75 Å². The van der Waals surface area contributed by atoms with E-state index in [9.17, 15) is 4.39 Å². The van der Waals surface area contributed by atoms with Crippen LogP contribution in [0, 0.1) is 18.2 Å². The van der Waals surface area contributed by atoms with Gasteiger partial charge in [-0.05, 0) is 18.6 Å². The molecule has 0 aliphatic heterocycles. The molecule has 0 unspecified atom stereocenters. The molecule has 0 atom stereocenters. The summed E-state index contributed by atoms with van der Waals surface area (Å²) in [5.74, 6) is 2.17. The zero-order chi connectivity index (χ0) is 9.68. The SMILES string of the molecule is C#Cc1cccc(F)c1OCCC. The molecule has 2 heteroatoms. The molecule has 13 heavy (non-hydrogen) atoms. The summed E-state index contributed by atoms with van der Waals surface area (Å²) >= 11 is 0. The Labute approximate surface area is 77.5 Å². The molecule has 0 fully saturated rings. The lowest BCUT2D eigenvalue weighted by molar-refractivity contribution is 0.300. The zero-order valence-corrected chi connectivity index (χ0v) is 7.51. The molecule has 0 amide bonds. The van der Waals surface area contributed by atoms with E-state index in [1.807, 2.05) is 6.92 Å². The third-order valence-electron chi connectivity index (χ3n) is 1.57. The predicted molar refractivity (Wildman–Crippen MR) is 50.1 cm³/mol. The molecular weight excluding hydrogens is 167 g/mol. The summed E-state index contributed by atoms with van der Waals surface area (Å²) in [6.07, 6.45) is 6.03. The summed E-state index contributed by atoms with van der Waals surface area (Å²) in [5.41, 5.74) is 0.466. The Bertz CT molecular complexity index is 325. The normalized spacial score (nSPS) is 9.31. The van der Waals surface area contributed by atoms with E-state index in [2.05, 4.69) is 5.92 Å². The van der Waals surface area contributed by atoms with Crippen LogP contribution in [0.3, 0.4) is 0 Å². The van der Waals surface area contributed by atoms with Crippen molar-refractivity contribution in [1.82, 2.24) is 0 Å². The minimum absolute atomic E-state index is 0.187. The topological polar surface area (TPSA) is 9.23 Å². The van der Waals surface area contributed by atoms with Crippen molar-refractivity contribution in [2.45, 2.75) is 13.3 Å². The number of terminal acetylenes is 1. The number of hydrogen-bond donors (Lipinski definition) is 0. The van der Waals surface area contributed by atoms with Crippen LogP contribution in [-0.4, -0.2) is 6.61 Å². The Hall–Kier alpha value is -1.49. The van der Waals surface area contributed by atoms with Crippen molar-refractivity contribution in [2.75, 3.05) is 6.61 Å². The molecule has 0 saturated heterocycles. The quantitative estimate of drug-likeness (QED) is 0.646. The highest BCUT2D eigenvalue weighted by Crippen LogP contribution is 2.21. The molecule has 0 N–H and O–H groups in total. The van der Waals surface area contributed by atoms with Gasteiger partial charge in [-0.25, -0.2) is 4.39 Å². The summed E-state index contributed by atoms with van der Waals surface area (Å²) in [7, 11) is 0. The highest BCUT2D eigenvalue weighted by molar-refractivity contribution is 5.45. The van der Waals surface area contributed by atoms with E-state index >= 15 is 0 Å². The van der Waals surface area contributed by atoms with E-state index < -0.39 is 5.82 Å². The highest BCUT2D eigenvalue weighted by Gasteiger charge is 2.06. The molecule has 0 aliphatic rings. The second-order valence-electron chi connectivity index (χ2n) is 2.61. The fourth-order valence-electron chi connectivity index (χ4n) is 0.973. The van der Waals surface area contributed by atoms with Gasteiger partial charge in [0.2, 0.25) is 0 Å². The van der Waals surface area contributed by atoms with Crippen LogP contribution in [0.15, 0.2) is 18.2 Å². The fourth-order valence-corrected chi connectivity index (χ4v) is 0.973. The van der Waals surface area contributed by atoms with E-state index in [-0.39, 0.29) is 5.75 Å². The van der Waals surface area contributed by atoms with Gasteiger partial charge in [-0.1, -0.05) is 18.9 Å². The Morgan fingerprint density at radius 2 is 2.31 bits per heavy atom. The minimum atomic E-state index is -0.399. The number of ether oxygens (including phenoxy) is 1. The molecule has 0 aromatic heterocycles. The van der Waals surface area contributed by atoms with Gasteiger partial charge in [0, 0.05) is 0 Å². The van der Waals surface area contributed by atoms with Crippen LogP contribution < -0.4 is 4.74 Å². The van der Waals surface area contributed by atoms with Gasteiger partial charge >= 0.3 is 0 Å². The number of para-hydroxylation sites is 1. The second-order valence-corrected chi connectivity index (χ2v) is 2.61. The molecular formula is C11H11FO. The van der Waals surface area contributed by atoms with Crippen molar-refractivity contribution >= 4 is 0 Å². The Balaban J connectivity index is 2.95. The monoisotopic (exact) mass is 178 g/mol. The highest BCUT2D eigenvalue weighted by atomic mass is 19.1. The first-order valence-electron chi connectivity index (χ1n) is 4.17. The summed E-state index contributed by atoms with van der Waals surface area (Å²) in [6, 6.07) is 4.57. The predicted octanol–water partition coefficient (Wildman–Crippen LogP) is 2.60. The van der Waals surface area contributed by atoms with Crippen LogP contribution in [0.1, 0.15) is 18.9 Å². The Kier molecular flexibility index (Phi) is 3.33. The first-order chi connectivity index (χ1) is 6.29. The molecule has 0 spiro atoms. The van der Waals surface area contributed by atoms with Crippen LogP contribution in [0.25, 0.3) is 0 Å². The van der Waals surface area contributed by atoms with Crippen molar-refractivity contribution in [2.24, 2.45) is 0 Å². The van der Waals surface area contributed by atoms with Crippen LogP contribution in [0.2, 0.25) is 0 Å². The summed E-state index contributed by atoms with van der Waals surface area (Å²) < 4.78 is 18.3. The van der Waals surface area contributed by atoms with Crippen molar-refractivity contribution < 1.29 is 9.13 Å². The second kappa shape index (κ2) is 4.51. The van der Waals surface area contributed by atoms with E-state index in [1.165, 1.54) is 6.07 Å². The molecule has 1 aromatic carbocycles. The first kappa shape index (κ1) is 9.60. The van der Waals surface area contributed by atoms with Gasteiger partial charge in [0.25, 0.3) is 0 Å². The van der Waals surface area contributed by atoms with Gasteiger partial charge in [-0.3, -0.25) is 0 Å². The average Bonchev–Trinajstić information content (AvgIpc) is 2.15. The minimum Gasteiger partial charge on any atom is -0.489 e. The average molecular weight is 178 g/mol. The van der Waals surface area contributed by atoms with Crippen LogP contribution in [-0.2, 0) is 0 Å². The van der Waals surface area contributed by atoms with Gasteiger partial charge in [0.15, 0.2) is 11.6 Å². The number of halogens is 1. The Morgan fingerprint density at radius 1 is 1.54 bits per heavy atom. The third kappa shape index (κ3) is 2.22. The summed E-state index contributed by atoms with van der Waals surface area (Å²) in [4.78, 5) is 0. The first-order valence-corrected chi connectivity index (χ1v) is 4.17. The van der Waals surface area contributed by atoms with E-state index in [1.54, 1.807) is 12.1 Å².